The third-order valence-electron chi connectivity index (χ3n) is 2.16. The average Bonchev–Trinajstić information content (AvgIpc) is 2.45. The van der Waals surface area contributed by atoms with Crippen molar-refractivity contribution in [3.63, 3.8) is 0 Å². The molecule has 0 radical (unpaired) electrons. The summed E-state index contributed by atoms with van der Waals surface area (Å²) in [6.45, 7) is 5.30. The number of fused-ring (bicyclic) bond motifs is 1. The number of hydrogen-bond acceptors (Lipinski definition) is 2. The van der Waals surface area contributed by atoms with E-state index in [0.717, 1.165) is 6.54 Å². The van der Waals surface area contributed by atoms with E-state index in [4.69, 9.17) is 0 Å². The van der Waals surface area contributed by atoms with E-state index in [2.05, 4.69) is 30.3 Å². The fourth-order valence-corrected chi connectivity index (χ4v) is 2.44. The molecular formula is C9H11NS. The van der Waals surface area contributed by atoms with Crippen molar-refractivity contribution in [1.29, 1.82) is 0 Å². The van der Waals surface area contributed by atoms with Crippen LogP contribution in [0.25, 0.3) is 0 Å². The lowest BCUT2D eigenvalue weighted by atomic mass is 9.98. The van der Waals surface area contributed by atoms with Gasteiger partial charge >= 0.3 is 0 Å². The second-order valence-corrected chi connectivity index (χ2v) is 3.95. The van der Waals surface area contributed by atoms with Gasteiger partial charge in [-0.2, -0.15) is 0 Å². The molecule has 0 spiro atoms. The summed E-state index contributed by atoms with van der Waals surface area (Å²) in [6.07, 6.45) is 0. The van der Waals surface area contributed by atoms with Gasteiger partial charge < -0.3 is 0 Å². The smallest absolute Gasteiger partial charge is 0.0513 e. The van der Waals surface area contributed by atoms with Crippen molar-refractivity contribution < 1.29 is 0 Å². The van der Waals surface area contributed by atoms with E-state index < -0.39 is 0 Å². The molecular weight excluding hydrogens is 154 g/mol. The zero-order chi connectivity index (χ0) is 7.84. The topological polar surface area (TPSA) is 12.4 Å². The van der Waals surface area contributed by atoms with Crippen LogP contribution >= 0.6 is 11.3 Å². The third-order valence-corrected chi connectivity index (χ3v) is 3.20. The van der Waals surface area contributed by atoms with Crippen LogP contribution in [0, 0.1) is 0 Å². The Labute approximate surface area is 70.8 Å². The second-order valence-electron chi connectivity index (χ2n) is 3.03. The summed E-state index contributed by atoms with van der Waals surface area (Å²) in [5, 5.41) is 2.16. The van der Waals surface area contributed by atoms with Crippen molar-refractivity contribution >= 4 is 17.0 Å². The zero-order valence-corrected chi connectivity index (χ0v) is 7.61. The van der Waals surface area contributed by atoms with Gasteiger partial charge in [0.1, 0.15) is 0 Å². The first-order valence-corrected chi connectivity index (χ1v) is 4.76. The predicted octanol–water partition coefficient (Wildman–Crippen LogP) is 2.67. The molecule has 0 saturated heterocycles. The maximum absolute atomic E-state index is 4.45. The van der Waals surface area contributed by atoms with Crippen LogP contribution in [-0.2, 0) is 0 Å². The third kappa shape index (κ3) is 1.02. The molecule has 58 valence electrons. The highest BCUT2D eigenvalue weighted by Gasteiger charge is 2.17. The SMILES string of the molecule is CC1=NCC(C)c2ccsc21. The van der Waals surface area contributed by atoms with Gasteiger partial charge in [0.15, 0.2) is 0 Å². The first-order chi connectivity index (χ1) is 5.29. The Morgan fingerprint density at radius 2 is 2.45 bits per heavy atom. The van der Waals surface area contributed by atoms with Gasteiger partial charge in [-0.3, -0.25) is 4.99 Å². The fourth-order valence-electron chi connectivity index (χ4n) is 1.45. The molecule has 0 saturated carbocycles. The molecule has 0 fully saturated rings. The number of aliphatic imine (C=N–C) groups is 1. The summed E-state index contributed by atoms with van der Waals surface area (Å²) < 4.78 is 0. The van der Waals surface area contributed by atoms with Crippen LogP contribution in [-0.4, -0.2) is 12.3 Å². The Morgan fingerprint density at radius 1 is 1.64 bits per heavy atom. The van der Waals surface area contributed by atoms with Crippen LogP contribution in [0.1, 0.15) is 30.2 Å². The van der Waals surface area contributed by atoms with Crippen molar-refractivity contribution in [2.75, 3.05) is 6.54 Å². The molecule has 1 nitrogen and oxygen atoms in total. The van der Waals surface area contributed by atoms with E-state index in [-0.39, 0.29) is 0 Å². The van der Waals surface area contributed by atoms with Crippen LogP contribution in [0.5, 0.6) is 0 Å². The molecule has 0 aromatic carbocycles. The summed E-state index contributed by atoms with van der Waals surface area (Å²) in [4.78, 5) is 5.84. The van der Waals surface area contributed by atoms with E-state index in [1.165, 1.54) is 16.2 Å². The molecule has 0 N–H and O–H groups in total. The van der Waals surface area contributed by atoms with Gasteiger partial charge in [-0.25, -0.2) is 0 Å². The summed E-state index contributed by atoms with van der Waals surface area (Å²) in [5.74, 6) is 0.625. The molecule has 2 rings (SSSR count). The van der Waals surface area contributed by atoms with Gasteiger partial charge in [0.25, 0.3) is 0 Å². The monoisotopic (exact) mass is 165 g/mol. The Kier molecular flexibility index (Phi) is 1.57. The Morgan fingerprint density at radius 3 is 3.18 bits per heavy atom. The maximum atomic E-state index is 4.45. The van der Waals surface area contributed by atoms with E-state index in [1.807, 2.05) is 0 Å². The largest absolute Gasteiger partial charge is 0.288 e. The molecule has 0 amide bonds. The minimum atomic E-state index is 0.625. The average molecular weight is 165 g/mol. The molecule has 1 unspecified atom stereocenters. The van der Waals surface area contributed by atoms with Gasteiger partial charge in [-0.1, -0.05) is 6.92 Å². The van der Waals surface area contributed by atoms with Crippen LogP contribution in [0.15, 0.2) is 16.4 Å². The molecule has 1 aliphatic rings. The summed E-state index contributed by atoms with van der Waals surface area (Å²) in [6, 6.07) is 2.23. The number of rotatable bonds is 0. The standard InChI is InChI=1S/C9H11NS/c1-6-5-10-7(2)9-8(6)3-4-11-9/h3-4,6H,5H2,1-2H3. The molecule has 1 aromatic heterocycles. The van der Waals surface area contributed by atoms with Gasteiger partial charge in [-0.05, 0) is 23.9 Å². The molecule has 1 aliphatic heterocycles. The summed E-state index contributed by atoms with van der Waals surface area (Å²) in [7, 11) is 0. The maximum Gasteiger partial charge on any atom is 0.0513 e. The Bertz CT molecular complexity index is 298. The second kappa shape index (κ2) is 2.45. The van der Waals surface area contributed by atoms with Crippen LogP contribution in [0.3, 0.4) is 0 Å². The van der Waals surface area contributed by atoms with Gasteiger partial charge in [0, 0.05) is 18.2 Å². The predicted molar refractivity (Wildman–Crippen MR) is 49.8 cm³/mol. The molecule has 1 aromatic rings. The molecule has 2 heterocycles. The summed E-state index contributed by atoms with van der Waals surface area (Å²) >= 11 is 1.81. The number of nitrogens with zero attached hydrogens (tertiary/aromatic N) is 1. The minimum absolute atomic E-state index is 0.625. The minimum Gasteiger partial charge on any atom is -0.288 e. The van der Waals surface area contributed by atoms with Crippen molar-refractivity contribution in [3.05, 3.63) is 21.9 Å². The van der Waals surface area contributed by atoms with Crippen molar-refractivity contribution in [1.82, 2.24) is 0 Å². The van der Waals surface area contributed by atoms with Crippen molar-refractivity contribution in [2.45, 2.75) is 19.8 Å². The molecule has 0 aliphatic carbocycles. The van der Waals surface area contributed by atoms with E-state index >= 15 is 0 Å². The molecule has 0 bridgehead atoms. The highest BCUT2D eigenvalue weighted by molar-refractivity contribution is 7.12. The summed E-state index contributed by atoms with van der Waals surface area (Å²) in [5.41, 5.74) is 2.70. The van der Waals surface area contributed by atoms with Gasteiger partial charge in [0.2, 0.25) is 0 Å². The van der Waals surface area contributed by atoms with Crippen molar-refractivity contribution in [2.24, 2.45) is 4.99 Å². The van der Waals surface area contributed by atoms with Crippen LogP contribution in [0.2, 0.25) is 0 Å². The lowest BCUT2D eigenvalue weighted by molar-refractivity contribution is 0.765. The number of hydrogen-bond donors (Lipinski definition) is 0. The highest BCUT2D eigenvalue weighted by atomic mass is 32.1. The first-order valence-electron chi connectivity index (χ1n) is 3.88. The van der Waals surface area contributed by atoms with Crippen LogP contribution in [0.4, 0.5) is 0 Å². The van der Waals surface area contributed by atoms with Gasteiger partial charge in [-0.15, -0.1) is 11.3 Å². The van der Waals surface area contributed by atoms with E-state index in [9.17, 15) is 0 Å². The molecule has 2 heteroatoms. The van der Waals surface area contributed by atoms with E-state index in [1.54, 1.807) is 11.3 Å². The molecule has 1 atom stereocenters. The van der Waals surface area contributed by atoms with Crippen molar-refractivity contribution in [3.8, 4) is 0 Å². The zero-order valence-electron chi connectivity index (χ0n) is 6.79. The van der Waals surface area contributed by atoms with Gasteiger partial charge in [0.05, 0.1) is 4.88 Å². The number of thiophene rings is 1. The lowest BCUT2D eigenvalue weighted by Gasteiger charge is -2.15. The normalized spacial score (nSPS) is 22.7. The Balaban J connectivity index is 2.55. The lowest BCUT2D eigenvalue weighted by Crippen LogP contribution is -2.10. The fraction of sp³-hybridized carbons (Fsp3) is 0.444. The molecule has 11 heavy (non-hydrogen) atoms. The highest BCUT2D eigenvalue weighted by Crippen LogP contribution is 2.29. The van der Waals surface area contributed by atoms with E-state index in [0.29, 0.717) is 5.92 Å². The first kappa shape index (κ1) is 7.04. The van der Waals surface area contributed by atoms with Crippen LogP contribution < -0.4 is 0 Å². The quantitative estimate of drug-likeness (QED) is 0.560. The Hall–Kier alpha value is -0.630.